The molecule has 0 aliphatic rings. The number of hydrogen-bond acceptors (Lipinski definition) is 1. The number of benzene rings is 3. The first-order valence-corrected chi connectivity index (χ1v) is 11.5. The maximum absolute atomic E-state index is 5.21. The average molecular weight is 443 g/mol. The van der Waals surface area contributed by atoms with Gasteiger partial charge in [0.25, 0.3) is 0 Å². The van der Waals surface area contributed by atoms with Crippen LogP contribution in [0.2, 0.25) is 0 Å². The summed E-state index contributed by atoms with van der Waals surface area (Å²) in [5.41, 5.74) is 2.73. The van der Waals surface area contributed by atoms with Crippen LogP contribution in [0.25, 0.3) is 0 Å². The zero-order chi connectivity index (χ0) is 23.5. The molecule has 3 aromatic carbocycles. The summed E-state index contributed by atoms with van der Waals surface area (Å²) in [5, 5.41) is 0. The number of rotatable bonds is 3. The number of ether oxygens (including phenoxy) is 1. The van der Waals surface area contributed by atoms with Crippen molar-refractivity contribution < 1.29 is 4.74 Å². The second-order valence-corrected chi connectivity index (χ2v) is 5.24. The van der Waals surface area contributed by atoms with E-state index in [1.54, 1.807) is 0 Å². The zero-order valence-corrected chi connectivity index (χ0v) is 21.0. The van der Waals surface area contributed by atoms with Gasteiger partial charge in [0.2, 0.25) is 0 Å². The Hall–Kier alpha value is -2.54. The van der Waals surface area contributed by atoms with Crippen molar-refractivity contribution >= 4 is 0 Å². The first-order chi connectivity index (χ1) is 14.8. The topological polar surface area (TPSA) is 9.23 Å². The first kappa shape index (κ1) is 39.9. The Morgan fingerprint density at radius 3 is 1.12 bits per heavy atom. The van der Waals surface area contributed by atoms with E-state index in [0.717, 1.165) is 18.8 Å². The maximum Gasteiger partial charge on any atom is 0.119 e. The van der Waals surface area contributed by atoms with Gasteiger partial charge in [0.05, 0.1) is 6.61 Å². The Labute approximate surface area is 202 Å². The van der Waals surface area contributed by atoms with Gasteiger partial charge in [-0.1, -0.05) is 148 Å². The summed E-state index contributed by atoms with van der Waals surface area (Å²) >= 11 is 0. The molecule has 0 fully saturated rings. The highest BCUT2D eigenvalue weighted by Crippen LogP contribution is 2.06. The van der Waals surface area contributed by atoms with E-state index in [9.17, 15) is 0 Å². The van der Waals surface area contributed by atoms with Crippen LogP contribution in [-0.2, 0) is 6.42 Å². The van der Waals surface area contributed by atoms with Crippen LogP contribution in [0.15, 0.2) is 91.0 Å². The molecule has 0 radical (unpaired) electrons. The molecule has 0 spiro atoms. The minimum atomic E-state index is 0. The Balaban J connectivity index is -0.0000000994. The smallest absolute Gasteiger partial charge is 0.119 e. The van der Waals surface area contributed by atoms with E-state index >= 15 is 0 Å². The molecular weight excluding hydrogens is 388 g/mol. The molecule has 0 unspecified atom stereocenters. The molecule has 0 aliphatic carbocycles. The predicted molar refractivity (Wildman–Crippen MR) is 152 cm³/mol. The van der Waals surface area contributed by atoms with Crippen LogP contribution in [0.5, 0.6) is 5.75 Å². The van der Waals surface area contributed by atoms with Gasteiger partial charge in [-0.05, 0) is 38.0 Å². The molecule has 0 heterocycles. The van der Waals surface area contributed by atoms with Crippen molar-refractivity contribution in [3.63, 3.8) is 0 Å². The van der Waals surface area contributed by atoms with Crippen LogP contribution in [0, 0.1) is 6.92 Å². The molecule has 3 aromatic rings. The molecule has 32 heavy (non-hydrogen) atoms. The molecule has 1 heteroatoms. The largest absolute Gasteiger partial charge is 0.494 e. The molecule has 0 saturated heterocycles. The molecule has 0 aliphatic heterocycles. The number of hydrogen-bond donors (Lipinski definition) is 0. The van der Waals surface area contributed by atoms with Crippen LogP contribution in [-0.4, -0.2) is 6.61 Å². The van der Waals surface area contributed by atoms with Gasteiger partial charge in [-0.25, -0.2) is 0 Å². The molecule has 0 saturated carbocycles. The summed E-state index contributed by atoms with van der Waals surface area (Å²) in [6.07, 6.45) is 1.14. The molecule has 0 amide bonds. The normalized spacial score (nSPS) is 7.28. The molecule has 1 nitrogen and oxygen atoms in total. The summed E-state index contributed by atoms with van der Waals surface area (Å²) in [5.74, 6) is 0.944. The van der Waals surface area contributed by atoms with Gasteiger partial charge in [-0.3, -0.25) is 0 Å². The fourth-order valence-corrected chi connectivity index (χ4v) is 1.93. The summed E-state index contributed by atoms with van der Waals surface area (Å²) in [4.78, 5) is 0. The van der Waals surface area contributed by atoms with Crippen molar-refractivity contribution in [3.8, 4) is 5.75 Å². The van der Waals surface area contributed by atoms with Crippen molar-refractivity contribution in [2.45, 2.75) is 83.6 Å². The lowest BCUT2D eigenvalue weighted by atomic mass is 10.2. The molecule has 184 valence electrons. The van der Waals surface area contributed by atoms with Gasteiger partial charge in [-0.2, -0.15) is 0 Å². The molecule has 3 rings (SSSR count). The minimum absolute atomic E-state index is 0. The quantitative estimate of drug-likeness (QED) is 0.392. The van der Waals surface area contributed by atoms with E-state index in [1.807, 2.05) is 103 Å². The van der Waals surface area contributed by atoms with Gasteiger partial charge in [-0.15, -0.1) is 0 Å². The highest BCUT2D eigenvalue weighted by molar-refractivity contribution is 5.20. The summed E-state index contributed by atoms with van der Waals surface area (Å²) in [7, 11) is 0. The number of para-hydroxylation sites is 1. The standard InChI is InChI=1S/C8H10O.C8H10.C7H8.3C2H6.2CH4/c1-2-9-8-6-4-3-5-7-8;1-2-8-6-4-3-5-7-8;1-7-5-3-2-4-6-7;3*1-2;;/h3-7H,2H2,1H3;3-7H,2H2,1H3;2-6H,1H3;3*1-2H3;2*1H4. The van der Waals surface area contributed by atoms with Gasteiger partial charge >= 0.3 is 0 Å². The van der Waals surface area contributed by atoms with Crippen molar-refractivity contribution in [2.24, 2.45) is 0 Å². The highest BCUT2D eigenvalue weighted by atomic mass is 16.5. The van der Waals surface area contributed by atoms with Crippen molar-refractivity contribution in [1.82, 2.24) is 0 Å². The molecule has 0 aromatic heterocycles. The Morgan fingerprint density at radius 2 is 0.875 bits per heavy atom. The van der Waals surface area contributed by atoms with Gasteiger partial charge in [0.1, 0.15) is 5.75 Å². The number of aryl methyl sites for hydroxylation is 2. The van der Waals surface area contributed by atoms with Gasteiger partial charge in [0, 0.05) is 0 Å². The highest BCUT2D eigenvalue weighted by Gasteiger charge is 1.84. The SMILES string of the molecule is C.C.CC.CC.CC.CCOc1ccccc1.CCc1ccccc1.Cc1ccccc1. The van der Waals surface area contributed by atoms with E-state index < -0.39 is 0 Å². The predicted octanol–water partition coefficient (Wildman–Crippen LogP) is 10.7. The fourth-order valence-electron chi connectivity index (χ4n) is 1.93. The second kappa shape index (κ2) is 35.9. The zero-order valence-electron chi connectivity index (χ0n) is 21.0. The molecular formula is C31H54O. The summed E-state index contributed by atoms with van der Waals surface area (Å²) in [6.45, 7) is 19.0. The second-order valence-electron chi connectivity index (χ2n) is 5.24. The van der Waals surface area contributed by atoms with Crippen LogP contribution < -0.4 is 4.74 Å². The van der Waals surface area contributed by atoms with E-state index in [4.69, 9.17) is 4.74 Å². The lowest BCUT2D eigenvalue weighted by Crippen LogP contribution is -1.89. The van der Waals surface area contributed by atoms with Gasteiger partial charge < -0.3 is 4.74 Å². The Morgan fingerprint density at radius 1 is 0.531 bits per heavy atom. The average Bonchev–Trinajstić information content (AvgIpc) is 2.86. The van der Waals surface area contributed by atoms with E-state index in [-0.39, 0.29) is 14.9 Å². The molecule has 0 atom stereocenters. The summed E-state index contributed by atoms with van der Waals surface area (Å²) < 4.78 is 5.21. The minimum Gasteiger partial charge on any atom is -0.494 e. The van der Waals surface area contributed by atoms with Gasteiger partial charge in [0.15, 0.2) is 0 Å². The van der Waals surface area contributed by atoms with E-state index in [1.165, 1.54) is 11.1 Å². The van der Waals surface area contributed by atoms with Crippen molar-refractivity contribution in [1.29, 1.82) is 0 Å². The lowest BCUT2D eigenvalue weighted by Gasteiger charge is -1.99. The van der Waals surface area contributed by atoms with Crippen molar-refractivity contribution in [3.05, 3.63) is 102 Å². The molecule has 0 N–H and O–H groups in total. The van der Waals surface area contributed by atoms with Crippen LogP contribution >= 0.6 is 0 Å². The Bertz CT molecular complexity index is 618. The maximum atomic E-state index is 5.21. The van der Waals surface area contributed by atoms with Crippen molar-refractivity contribution in [2.75, 3.05) is 6.61 Å². The van der Waals surface area contributed by atoms with Crippen LogP contribution in [0.4, 0.5) is 0 Å². The third-order valence-electron chi connectivity index (χ3n) is 3.25. The third-order valence-corrected chi connectivity index (χ3v) is 3.25. The van der Waals surface area contributed by atoms with E-state index in [2.05, 4.69) is 50.2 Å². The van der Waals surface area contributed by atoms with Crippen LogP contribution in [0.1, 0.15) is 81.4 Å². The third kappa shape index (κ3) is 27.5. The van der Waals surface area contributed by atoms with Crippen LogP contribution in [0.3, 0.4) is 0 Å². The molecule has 0 bridgehead atoms. The Kier molecular flexibility index (Phi) is 44.7. The first-order valence-electron chi connectivity index (χ1n) is 11.5. The fraction of sp³-hybridized carbons (Fsp3) is 0.419. The summed E-state index contributed by atoms with van der Waals surface area (Å²) in [6, 6.07) is 30.5. The monoisotopic (exact) mass is 442 g/mol. The lowest BCUT2D eigenvalue weighted by molar-refractivity contribution is 0.340. The van der Waals surface area contributed by atoms with E-state index in [0.29, 0.717) is 0 Å².